The van der Waals surface area contributed by atoms with Crippen LogP contribution in [0.15, 0.2) is 36.4 Å². The van der Waals surface area contributed by atoms with Crippen molar-refractivity contribution in [2.45, 2.75) is 64.7 Å². The van der Waals surface area contributed by atoms with Crippen molar-refractivity contribution in [3.8, 4) is 0 Å². The summed E-state index contributed by atoms with van der Waals surface area (Å²) in [4.78, 5) is 32.1. The minimum atomic E-state index is -0.644. The Morgan fingerprint density at radius 2 is 1.80 bits per heavy atom. The molecule has 2 aliphatic heterocycles. The van der Waals surface area contributed by atoms with Gasteiger partial charge in [-0.1, -0.05) is 55.2 Å². The number of likely N-dealkylation sites (tertiary alicyclic amines) is 1. The third kappa shape index (κ3) is 7.27. The van der Waals surface area contributed by atoms with E-state index in [0.717, 1.165) is 24.0 Å². The van der Waals surface area contributed by atoms with Crippen LogP contribution in [0.5, 0.6) is 0 Å². The Bertz CT molecular complexity index is 1190. The molecule has 2 aliphatic rings. The maximum Gasteiger partial charge on any atom is 0.245 e. The van der Waals surface area contributed by atoms with Crippen molar-refractivity contribution in [1.29, 1.82) is 0 Å². The molecule has 0 aliphatic carbocycles. The summed E-state index contributed by atoms with van der Waals surface area (Å²) in [5, 5.41) is 4.40. The fraction of sp³-hybridized carbons (Fsp3) is 0.533. The fourth-order valence-electron chi connectivity index (χ4n) is 5.81. The molecule has 0 saturated carbocycles. The molecule has 40 heavy (non-hydrogen) atoms. The zero-order chi connectivity index (χ0) is 29.0. The first-order valence-corrected chi connectivity index (χ1v) is 14.9. The van der Waals surface area contributed by atoms with E-state index in [1.807, 2.05) is 24.0 Å². The number of amides is 2. The second kappa shape index (κ2) is 13.5. The van der Waals surface area contributed by atoms with Gasteiger partial charge in [-0.2, -0.15) is 0 Å². The van der Waals surface area contributed by atoms with Gasteiger partial charge in [0, 0.05) is 61.7 Å². The second-order valence-corrected chi connectivity index (χ2v) is 12.1. The summed E-state index contributed by atoms with van der Waals surface area (Å²) in [5.41, 5.74) is 8.30. The lowest BCUT2D eigenvalue weighted by atomic mass is 9.94. The quantitative estimate of drug-likeness (QED) is 0.380. The van der Waals surface area contributed by atoms with E-state index in [4.69, 9.17) is 28.9 Å². The van der Waals surface area contributed by atoms with Crippen molar-refractivity contribution >= 4 is 40.7 Å². The lowest BCUT2D eigenvalue weighted by Crippen LogP contribution is -2.56. The SMILES string of the molecule is CC(C)CC(NC(C)N)c1cccc(F)c1N1CCN(C(=O)C(Cc2ccc(Cl)cc2Cl)N2CCCC2=O)CC1. The van der Waals surface area contributed by atoms with Crippen LogP contribution >= 0.6 is 23.2 Å². The maximum atomic E-state index is 15.4. The number of benzene rings is 2. The molecular weight excluding hydrogens is 552 g/mol. The third-order valence-corrected chi connectivity index (χ3v) is 8.26. The zero-order valence-corrected chi connectivity index (χ0v) is 25.0. The van der Waals surface area contributed by atoms with Gasteiger partial charge in [0.05, 0.1) is 11.9 Å². The molecular formula is C30H40Cl2FN5O2. The number of nitrogens with one attached hydrogen (secondary N) is 1. The van der Waals surface area contributed by atoms with Gasteiger partial charge in [0.15, 0.2) is 0 Å². The molecule has 2 aromatic rings. The Morgan fingerprint density at radius 3 is 2.40 bits per heavy atom. The molecule has 2 aromatic carbocycles. The summed E-state index contributed by atoms with van der Waals surface area (Å²) in [6.07, 6.45) is 2.06. The number of para-hydroxylation sites is 1. The average Bonchev–Trinajstić information content (AvgIpc) is 3.32. The standard InChI is InChI=1S/C30H40Cl2FN5O2/c1-19(2)16-26(35-20(3)34)23-6-4-7-25(33)29(23)36-12-14-37(15-13-36)30(40)27(38-11-5-8-28(38)39)17-21-9-10-22(31)18-24(21)32/h4,6-7,9-10,18-20,26-27,35H,5,8,11-17,34H2,1-3H3. The van der Waals surface area contributed by atoms with Crippen molar-refractivity contribution in [1.82, 2.24) is 15.1 Å². The van der Waals surface area contributed by atoms with Crippen LogP contribution in [-0.4, -0.2) is 66.5 Å². The maximum absolute atomic E-state index is 15.4. The van der Waals surface area contributed by atoms with E-state index in [1.165, 1.54) is 6.07 Å². The van der Waals surface area contributed by atoms with E-state index in [2.05, 4.69) is 19.2 Å². The minimum absolute atomic E-state index is 0.0177. The fourth-order valence-corrected chi connectivity index (χ4v) is 6.29. The minimum Gasteiger partial charge on any atom is -0.365 e. The molecule has 218 valence electrons. The highest BCUT2D eigenvalue weighted by atomic mass is 35.5. The van der Waals surface area contributed by atoms with Gasteiger partial charge in [-0.3, -0.25) is 14.9 Å². The summed E-state index contributed by atoms with van der Waals surface area (Å²) in [5.74, 6) is -0.0153. The van der Waals surface area contributed by atoms with Gasteiger partial charge >= 0.3 is 0 Å². The predicted molar refractivity (Wildman–Crippen MR) is 159 cm³/mol. The van der Waals surface area contributed by atoms with Gasteiger partial charge in [0.25, 0.3) is 0 Å². The number of piperazine rings is 1. The molecule has 7 nitrogen and oxygen atoms in total. The largest absolute Gasteiger partial charge is 0.365 e. The van der Waals surface area contributed by atoms with E-state index < -0.39 is 6.04 Å². The Labute approximate surface area is 246 Å². The van der Waals surface area contributed by atoms with Crippen LogP contribution < -0.4 is 16.0 Å². The monoisotopic (exact) mass is 591 g/mol. The van der Waals surface area contributed by atoms with Gasteiger partial charge in [-0.15, -0.1) is 0 Å². The average molecular weight is 593 g/mol. The molecule has 2 saturated heterocycles. The lowest BCUT2D eigenvalue weighted by molar-refractivity contribution is -0.143. The first-order valence-electron chi connectivity index (χ1n) is 14.1. The number of nitrogens with zero attached hydrogens (tertiary/aromatic N) is 3. The molecule has 0 aromatic heterocycles. The molecule has 2 heterocycles. The Morgan fingerprint density at radius 1 is 1.07 bits per heavy atom. The Balaban J connectivity index is 1.53. The smallest absolute Gasteiger partial charge is 0.245 e. The summed E-state index contributed by atoms with van der Waals surface area (Å²) in [7, 11) is 0. The molecule has 10 heteroatoms. The number of rotatable bonds is 10. The molecule has 3 N–H and O–H groups in total. The van der Waals surface area contributed by atoms with E-state index in [-0.39, 0.29) is 29.8 Å². The van der Waals surface area contributed by atoms with Gasteiger partial charge in [-0.05, 0) is 55.0 Å². The summed E-state index contributed by atoms with van der Waals surface area (Å²) < 4.78 is 15.4. The highest BCUT2D eigenvalue weighted by molar-refractivity contribution is 6.35. The highest BCUT2D eigenvalue weighted by Crippen LogP contribution is 2.34. The first-order chi connectivity index (χ1) is 19.0. The van der Waals surface area contributed by atoms with Gasteiger partial charge < -0.3 is 20.4 Å². The summed E-state index contributed by atoms with van der Waals surface area (Å²) >= 11 is 12.5. The van der Waals surface area contributed by atoms with Gasteiger partial charge in [0.2, 0.25) is 11.8 Å². The number of carbonyl (C=O) groups is 2. The second-order valence-electron chi connectivity index (χ2n) is 11.3. The third-order valence-electron chi connectivity index (χ3n) is 7.67. The number of hydrogen-bond donors (Lipinski definition) is 2. The van der Waals surface area contributed by atoms with Crippen molar-refractivity contribution in [2.75, 3.05) is 37.6 Å². The van der Waals surface area contributed by atoms with Crippen LogP contribution in [0.25, 0.3) is 0 Å². The van der Waals surface area contributed by atoms with Crippen LogP contribution in [0, 0.1) is 11.7 Å². The number of hydrogen-bond acceptors (Lipinski definition) is 5. The number of nitrogens with two attached hydrogens (primary N) is 1. The molecule has 0 radical (unpaired) electrons. The van der Waals surface area contributed by atoms with Crippen molar-refractivity contribution in [3.05, 3.63) is 63.4 Å². The molecule has 2 fully saturated rings. The number of anilines is 1. The first kappa shape index (κ1) is 30.6. The molecule has 3 atom stereocenters. The zero-order valence-electron chi connectivity index (χ0n) is 23.5. The van der Waals surface area contributed by atoms with Crippen LogP contribution in [0.2, 0.25) is 10.0 Å². The van der Waals surface area contributed by atoms with Crippen LogP contribution in [-0.2, 0) is 16.0 Å². The van der Waals surface area contributed by atoms with Gasteiger partial charge in [-0.25, -0.2) is 4.39 Å². The number of carbonyl (C=O) groups excluding carboxylic acids is 2. The normalized spacial score (nSPS) is 18.4. The Kier molecular flexibility index (Phi) is 10.3. The van der Waals surface area contributed by atoms with Crippen molar-refractivity contribution < 1.29 is 14.0 Å². The van der Waals surface area contributed by atoms with Crippen molar-refractivity contribution in [3.63, 3.8) is 0 Å². The van der Waals surface area contributed by atoms with E-state index >= 15 is 4.39 Å². The Hall–Kier alpha value is -2.39. The summed E-state index contributed by atoms with van der Waals surface area (Å²) in [6, 6.07) is 9.66. The molecule has 3 unspecified atom stereocenters. The summed E-state index contributed by atoms with van der Waals surface area (Å²) in [6.45, 7) is 8.52. The molecule has 0 bridgehead atoms. The van der Waals surface area contributed by atoms with Crippen LogP contribution in [0.3, 0.4) is 0 Å². The molecule has 0 spiro atoms. The number of halogens is 3. The van der Waals surface area contributed by atoms with Crippen molar-refractivity contribution in [2.24, 2.45) is 11.7 Å². The molecule has 4 rings (SSSR count). The van der Waals surface area contributed by atoms with E-state index in [0.29, 0.717) is 67.2 Å². The van der Waals surface area contributed by atoms with E-state index in [1.54, 1.807) is 28.0 Å². The van der Waals surface area contributed by atoms with Crippen LogP contribution in [0.4, 0.5) is 10.1 Å². The van der Waals surface area contributed by atoms with Crippen LogP contribution in [0.1, 0.15) is 57.2 Å². The lowest BCUT2D eigenvalue weighted by Gasteiger charge is -2.40. The van der Waals surface area contributed by atoms with Gasteiger partial charge in [0.1, 0.15) is 11.9 Å². The van der Waals surface area contributed by atoms with E-state index in [9.17, 15) is 9.59 Å². The molecule has 2 amide bonds. The topological polar surface area (TPSA) is 81.9 Å². The predicted octanol–water partition coefficient (Wildman–Crippen LogP) is 5.00. The highest BCUT2D eigenvalue weighted by Gasteiger charge is 2.37.